The van der Waals surface area contributed by atoms with Crippen LogP contribution >= 0.6 is 0 Å². The highest BCUT2D eigenvalue weighted by Crippen LogP contribution is 2.46. The fourth-order valence-corrected chi connectivity index (χ4v) is 6.57. The molecule has 2 aliphatic heterocycles. The van der Waals surface area contributed by atoms with Gasteiger partial charge in [-0.25, -0.2) is 0 Å². The van der Waals surface area contributed by atoms with Crippen molar-refractivity contribution in [1.82, 2.24) is 4.90 Å². The standard InChI is InChI=1S/C30H51N3O/c1-6-7-16-31-19-21-33(22-20-31)29-13-12-26(32-17-14-27(34-5)15-18-32)23-28(29)24-8-10-25(11-9-24)30(2,3)4/h12-13,23-25,27H,6-11,14-22H2,1-5H3. The molecule has 1 saturated carbocycles. The van der Waals surface area contributed by atoms with Gasteiger partial charge in [-0.1, -0.05) is 34.1 Å². The third-order valence-corrected chi connectivity index (χ3v) is 9.08. The Morgan fingerprint density at radius 3 is 2.12 bits per heavy atom. The van der Waals surface area contributed by atoms with E-state index in [0.29, 0.717) is 17.4 Å². The minimum absolute atomic E-state index is 0.437. The Hall–Kier alpha value is -1.26. The molecule has 0 spiro atoms. The zero-order valence-electron chi connectivity index (χ0n) is 22.8. The first-order valence-electron chi connectivity index (χ1n) is 14.3. The maximum absolute atomic E-state index is 5.63. The lowest BCUT2D eigenvalue weighted by Crippen LogP contribution is -2.47. The maximum atomic E-state index is 5.63. The number of methoxy groups -OCH3 is 1. The lowest BCUT2D eigenvalue weighted by atomic mass is 9.68. The molecule has 192 valence electrons. The van der Waals surface area contributed by atoms with Crippen LogP contribution in [-0.4, -0.2) is 63.9 Å². The summed E-state index contributed by atoms with van der Waals surface area (Å²) >= 11 is 0. The molecule has 0 N–H and O–H groups in total. The topological polar surface area (TPSA) is 19.0 Å². The average molecular weight is 470 g/mol. The van der Waals surface area contributed by atoms with Crippen LogP contribution in [0.1, 0.15) is 90.5 Å². The summed E-state index contributed by atoms with van der Waals surface area (Å²) in [5.74, 6) is 1.58. The summed E-state index contributed by atoms with van der Waals surface area (Å²) in [6, 6.07) is 7.48. The largest absolute Gasteiger partial charge is 0.381 e. The highest BCUT2D eigenvalue weighted by Gasteiger charge is 2.32. The van der Waals surface area contributed by atoms with Gasteiger partial charge in [0.25, 0.3) is 0 Å². The molecule has 2 saturated heterocycles. The van der Waals surface area contributed by atoms with Gasteiger partial charge in [-0.2, -0.15) is 0 Å². The van der Waals surface area contributed by atoms with Crippen LogP contribution < -0.4 is 9.80 Å². The lowest BCUT2D eigenvalue weighted by molar-refractivity contribution is 0.0819. The number of hydrogen-bond donors (Lipinski definition) is 0. The van der Waals surface area contributed by atoms with E-state index in [0.717, 1.165) is 31.8 Å². The molecule has 4 heteroatoms. The van der Waals surface area contributed by atoms with Crippen LogP contribution in [0.2, 0.25) is 0 Å². The van der Waals surface area contributed by atoms with E-state index in [-0.39, 0.29) is 0 Å². The van der Waals surface area contributed by atoms with Crippen LogP contribution in [0, 0.1) is 11.3 Å². The van der Waals surface area contributed by atoms with Crippen LogP contribution in [0.4, 0.5) is 11.4 Å². The van der Waals surface area contributed by atoms with E-state index >= 15 is 0 Å². The van der Waals surface area contributed by atoms with Crippen LogP contribution in [0.15, 0.2) is 18.2 Å². The third-order valence-electron chi connectivity index (χ3n) is 9.08. The van der Waals surface area contributed by atoms with Gasteiger partial charge in [0.15, 0.2) is 0 Å². The molecule has 0 atom stereocenters. The Bertz CT molecular complexity index is 749. The normalized spacial score (nSPS) is 25.7. The molecule has 3 aliphatic rings. The van der Waals surface area contributed by atoms with Crippen molar-refractivity contribution in [3.8, 4) is 0 Å². The van der Waals surface area contributed by atoms with E-state index in [4.69, 9.17) is 4.74 Å². The second kappa shape index (κ2) is 11.6. The van der Waals surface area contributed by atoms with Gasteiger partial charge >= 0.3 is 0 Å². The van der Waals surface area contributed by atoms with Gasteiger partial charge in [0.2, 0.25) is 0 Å². The highest BCUT2D eigenvalue weighted by molar-refractivity contribution is 5.63. The number of rotatable bonds is 7. The molecule has 0 radical (unpaired) electrons. The van der Waals surface area contributed by atoms with E-state index < -0.39 is 0 Å². The quantitative estimate of drug-likeness (QED) is 0.451. The van der Waals surface area contributed by atoms with Crippen LogP contribution in [-0.2, 0) is 4.74 Å². The molecule has 2 heterocycles. The monoisotopic (exact) mass is 469 g/mol. The Balaban J connectivity index is 1.51. The first-order valence-corrected chi connectivity index (χ1v) is 14.3. The fraction of sp³-hybridized carbons (Fsp3) is 0.800. The van der Waals surface area contributed by atoms with Crippen molar-refractivity contribution in [3.63, 3.8) is 0 Å². The Kier molecular flexibility index (Phi) is 8.85. The first kappa shape index (κ1) is 25.8. The number of ether oxygens (including phenoxy) is 1. The smallest absolute Gasteiger partial charge is 0.0605 e. The fourth-order valence-electron chi connectivity index (χ4n) is 6.57. The number of hydrogen-bond acceptors (Lipinski definition) is 4. The van der Waals surface area contributed by atoms with Crippen molar-refractivity contribution < 1.29 is 4.74 Å². The number of unbranched alkanes of at least 4 members (excludes halogenated alkanes) is 1. The zero-order valence-corrected chi connectivity index (χ0v) is 22.8. The number of anilines is 2. The predicted molar refractivity (Wildman–Crippen MR) is 146 cm³/mol. The van der Waals surface area contributed by atoms with Gasteiger partial charge < -0.3 is 14.5 Å². The van der Waals surface area contributed by atoms with Crippen LogP contribution in [0.5, 0.6) is 0 Å². The maximum Gasteiger partial charge on any atom is 0.0605 e. The van der Waals surface area contributed by atoms with Crippen molar-refractivity contribution in [1.29, 1.82) is 0 Å². The summed E-state index contributed by atoms with van der Waals surface area (Å²) in [5.41, 5.74) is 5.05. The average Bonchev–Trinajstić information content (AvgIpc) is 2.87. The van der Waals surface area contributed by atoms with Gasteiger partial charge in [0.1, 0.15) is 0 Å². The second-order valence-electron chi connectivity index (χ2n) is 12.3. The van der Waals surface area contributed by atoms with Crippen molar-refractivity contribution >= 4 is 11.4 Å². The molecular weight excluding hydrogens is 418 g/mol. The van der Waals surface area contributed by atoms with Crippen molar-refractivity contribution in [2.45, 2.75) is 91.1 Å². The molecule has 4 rings (SSSR count). The number of benzene rings is 1. The Morgan fingerprint density at radius 2 is 1.53 bits per heavy atom. The van der Waals surface area contributed by atoms with Crippen molar-refractivity contribution in [2.75, 3.05) is 62.7 Å². The predicted octanol–water partition coefficient (Wildman–Crippen LogP) is 6.54. The molecule has 34 heavy (non-hydrogen) atoms. The van der Waals surface area contributed by atoms with Crippen LogP contribution in [0.3, 0.4) is 0 Å². The van der Waals surface area contributed by atoms with Gasteiger partial charge in [-0.3, -0.25) is 4.90 Å². The number of nitrogens with zero attached hydrogens (tertiary/aromatic N) is 3. The number of piperidine rings is 1. The molecule has 0 unspecified atom stereocenters. The summed E-state index contributed by atoms with van der Waals surface area (Å²) < 4.78 is 5.63. The molecule has 1 aliphatic carbocycles. The van der Waals surface area contributed by atoms with E-state index in [1.165, 1.54) is 82.6 Å². The van der Waals surface area contributed by atoms with E-state index in [1.807, 2.05) is 7.11 Å². The number of piperazine rings is 1. The molecule has 0 bridgehead atoms. The molecule has 1 aromatic rings. The summed E-state index contributed by atoms with van der Waals surface area (Å²) in [4.78, 5) is 7.98. The molecular formula is C30H51N3O. The van der Waals surface area contributed by atoms with Gasteiger partial charge in [-0.15, -0.1) is 0 Å². The summed E-state index contributed by atoms with van der Waals surface area (Å²) in [7, 11) is 1.86. The molecule has 1 aromatic carbocycles. The summed E-state index contributed by atoms with van der Waals surface area (Å²) in [5, 5.41) is 0. The zero-order chi connectivity index (χ0) is 24.1. The third kappa shape index (κ3) is 6.29. The van der Waals surface area contributed by atoms with Crippen molar-refractivity contribution in [2.24, 2.45) is 11.3 Å². The molecule has 3 fully saturated rings. The minimum atomic E-state index is 0.437. The van der Waals surface area contributed by atoms with E-state index in [9.17, 15) is 0 Å². The van der Waals surface area contributed by atoms with Crippen LogP contribution in [0.25, 0.3) is 0 Å². The molecule has 4 nitrogen and oxygen atoms in total. The van der Waals surface area contributed by atoms with Gasteiger partial charge in [0, 0.05) is 57.8 Å². The lowest BCUT2D eigenvalue weighted by Gasteiger charge is -2.41. The first-order chi connectivity index (χ1) is 16.4. The summed E-state index contributed by atoms with van der Waals surface area (Å²) in [6.45, 7) is 17.9. The molecule has 0 amide bonds. The highest BCUT2D eigenvalue weighted by atomic mass is 16.5. The molecule has 0 aromatic heterocycles. The van der Waals surface area contributed by atoms with Gasteiger partial charge in [-0.05, 0) is 92.5 Å². The van der Waals surface area contributed by atoms with E-state index in [1.54, 1.807) is 5.56 Å². The Labute approximate surface area is 210 Å². The Morgan fingerprint density at radius 1 is 0.853 bits per heavy atom. The van der Waals surface area contributed by atoms with Gasteiger partial charge in [0.05, 0.1) is 6.10 Å². The SMILES string of the molecule is CCCCN1CCN(c2ccc(N3CCC(OC)CC3)cc2C2CCC(C(C)(C)C)CC2)CC1. The van der Waals surface area contributed by atoms with E-state index in [2.05, 4.69) is 60.6 Å². The second-order valence-corrected chi connectivity index (χ2v) is 12.3. The summed E-state index contributed by atoms with van der Waals surface area (Å²) in [6.07, 6.45) is 10.8. The minimum Gasteiger partial charge on any atom is -0.381 e. The van der Waals surface area contributed by atoms with Crippen molar-refractivity contribution in [3.05, 3.63) is 23.8 Å².